The van der Waals surface area contributed by atoms with Crippen LogP contribution in [-0.4, -0.2) is 33.2 Å². The van der Waals surface area contributed by atoms with Gasteiger partial charge in [0.1, 0.15) is 5.75 Å². The second-order valence-electron chi connectivity index (χ2n) is 7.95. The van der Waals surface area contributed by atoms with Crippen LogP contribution < -0.4 is 4.74 Å². The van der Waals surface area contributed by atoms with Crippen molar-refractivity contribution in [3.05, 3.63) is 84.9 Å². The van der Waals surface area contributed by atoms with Gasteiger partial charge in [0.25, 0.3) is 10.1 Å². The van der Waals surface area contributed by atoms with Crippen molar-refractivity contribution in [3.63, 3.8) is 0 Å². The van der Waals surface area contributed by atoms with Crippen LogP contribution in [0.2, 0.25) is 0 Å². The minimum absolute atomic E-state index is 0.377. The SMILES string of the molecule is O=S(=O)(CC(F)(F)F)OS(c1ccccc1)(c1ccccc1)c1ccc(OC2CCCCO2)cc1. The zero-order valence-corrected chi connectivity index (χ0v) is 20.3. The van der Waals surface area contributed by atoms with E-state index in [2.05, 4.69) is 0 Å². The Morgan fingerprint density at radius 2 is 1.34 bits per heavy atom. The number of alkyl halides is 3. The average Bonchev–Trinajstić information content (AvgIpc) is 2.83. The topological polar surface area (TPSA) is 61.8 Å². The molecular weight excluding hydrogens is 501 g/mol. The standard InChI is InChI=1S/C25H25F3O5S2/c26-25(27,28)19-34(29,30)33-35(21-9-3-1-4-10-21,22-11-5-2-6-12-22)23-16-14-20(15-17-23)32-24-13-7-8-18-31-24/h1-6,9-12,14-17,24H,7-8,13,18-19H2. The first-order valence-electron chi connectivity index (χ1n) is 11.0. The summed E-state index contributed by atoms with van der Waals surface area (Å²) in [6.45, 7) is 0.614. The summed E-state index contributed by atoms with van der Waals surface area (Å²) in [6, 6.07) is 23.5. The van der Waals surface area contributed by atoms with Crippen molar-refractivity contribution in [1.29, 1.82) is 0 Å². The number of rotatable bonds is 8. The van der Waals surface area contributed by atoms with E-state index in [1.54, 1.807) is 84.9 Å². The summed E-state index contributed by atoms with van der Waals surface area (Å²) in [6.07, 6.45) is -2.61. The maximum absolute atomic E-state index is 13.1. The molecular formula is C25H25F3O5S2. The average molecular weight is 527 g/mol. The van der Waals surface area contributed by atoms with Gasteiger partial charge in [0.05, 0.1) is 6.61 Å². The van der Waals surface area contributed by atoms with Gasteiger partial charge in [0.15, 0.2) is 12.0 Å². The van der Waals surface area contributed by atoms with Crippen molar-refractivity contribution >= 4 is 20.4 Å². The molecule has 35 heavy (non-hydrogen) atoms. The molecule has 3 aromatic rings. The Kier molecular flexibility index (Phi) is 7.75. The molecule has 0 radical (unpaired) electrons. The van der Waals surface area contributed by atoms with Crippen molar-refractivity contribution in [3.8, 4) is 5.75 Å². The molecule has 0 amide bonds. The first-order chi connectivity index (χ1) is 16.7. The van der Waals surface area contributed by atoms with Crippen molar-refractivity contribution in [2.24, 2.45) is 0 Å². The Morgan fingerprint density at radius 1 is 0.800 bits per heavy atom. The highest BCUT2D eigenvalue weighted by Gasteiger charge is 2.43. The lowest BCUT2D eigenvalue weighted by Gasteiger charge is -2.39. The third-order valence-corrected chi connectivity index (χ3v) is 10.4. The third kappa shape index (κ3) is 6.38. The first-order valence-corrected chi connectivity index (χ1v) is 14.1. The van der Waals surface area contributed by atoms with Gasteiger partial charge in [-0.1, -0.05) is 36.4 Å². The van der Waals surface area contributed by atoms with Gasteiger partial charge in [-0.3, -0.25) is 0 Å². The van der Waals surface area contributed by atoms with Crippen LogP contribution in [0.1, 0.15) is 19.3 Å². The Labute approximate surface area is 204 Å². The Hall–Kier alpha value is -2.53. The van der Waals surface area contributed by atoms with Crippen LogP contribution in [0.25, 0.3) is 0 Å². The molecule has 0 aliphatic carbocycles. The zero-order chi connectivity index (χ0) is 24.9. The van der Waals surface area contributed by atoms with Crippen LogP contribution >= 0.6 is 10.3 Å². The molecule has 0 saturated carbocycles. The Morgan fingerprint density at radius 3 is 1.83 bits per heavy atom. The largest absolute Gasteiger partial charge is 0.465 e. The van der Waals surface area contributed by atoms with E-state index in [4.69, 9.17) is 13.1 Å². The van der Waals surface area contributed by atoms with Gasteiger partial charge in [-0.2, -0.15) is 21.6 Å². The van der Waals surface area contributed by atoms with E-state index in [1.165, 1.54) is 0 Å². The maximum Gasteiger partial charge on any atom is 0.405 e. The Balaban J connectivity index is 1.81. The summed E-state index contributed by atoms with van der Waals surface area (Å²) in [5.74, 6) is -1.58. The summed E-state index contributed by atoms with van der Waals surface area (Å²) in [5, 5.41) is 0. The molecule has 1 aliphatic rings. The summed E-state index contributed by atoms with van der Waals surface area (Å²) in [5.41, 5.74) is 0. The van der Waals surface area contributed by atoms with Crippen LogP contribution in [0, 0.1) is 0 Å². The van der Waals surface area contributed by atoms with Gasteiger partial charge in [-0.25, -0.2) is 3.63 Å². The normalized spacial score (nSPS) is 17.6. The molecule has 1 fully saturated rings. The second-order valence-corrected chi connectivity index (χ2v) is 12.4. The van der Waals surface area contributed by atoms with E-state index in [-0.39, 0.29) is 6.29 Å². The predicted molar refractivity (Wildman–Crippen MR) is 127 cm³/mol. The smallest absolute Gasteiger partial charge is 0.405 e. The molecule has 1 aliphatic heterocycles. The number of hydrogen-bond donors (Lipinski definition) is 0. The molecule has 5 nitrogen and oxygen atoms in total. The van der Waals surface area contributed by atoms with E-state index in [0.29, 0.717) is 27.0 Å². The van der Waals surface area contributed by atoms with Crippen LogP contribution in [0.15, 0.2) is 99.6 Å². The van der Waals surface area contributed by atoms with Crippen molar-refractivity contribution in [2.45, 2.75) is 46.4 Å². The summed E-state index contributed by atoms with van der Waals surface area (Å²) < 4.78 is 82.0. The van der Waals surface area contributed by atoms with Crippen molar-refractivity contribution in [1.82, 2.24) is 0 Å². The van der Waals surface area contributed by atoms with E-state index < -0.39 is 32.4 Å². The van der Waals surface area contributed by atoms with E-state index in [9.17, 15) is 21.6 Å². The molecule has 1 saturated heterocycles. The highest BCUT2D eigenvalue weighted by molar-refractivity contribution is 8.33. The van der Waals surface area contributed by atoms with Gasteiger partial charge in [0.2, 0.25) is 0 Å². The summed E-state index contributed by atoms with van der Waals surface area (Å²) in [7, 11) is -8.10. The number of benzene rings is 3. The lowest BCUT2D eigenvalue weighted by Crippen LogP contribution is -2.26. The minimum Gasteiger partial charge on any atom is -0.465 e. The van der Waals surface area contributed by atoms with Crippen LogP contribution in [0.4, 0.5) is 13.2 Å². The highest BCUT2D eigenvalue weighted by Crippen LogP contribution is 2.70. The highest BCUT2D eigenvalue weighted by atomic mass is 32.3. The van der Waals surface area contributed by atoms with Crippen LogP contribution in [-0.2, 0) is 18.5 Å². The molecule has 0 spiro atoms. The van der Waals surface area contributed by atoms with Crippen LogP contribution in [0.3, 0.4) is 0 Å². The quantitative estimate of drug-likeness (QED) is 0.327. The Bertz CT molecular complexity index is 1160. The molecule has 0 bridgehead atoms. The van der Waals surface area contributed by atoms with Gasteiger partial charge >= 0.3 is 6.18 Å². The minimum atomic E-state index is -5.01. The molecule has 3 aromatic carbocycles. The molecule has 4 rings (SSSR count). The van der Waals surface area contributed by atoms with Crippen molar-refractivity contribution in [2.75, 3.05) is 12.4 Å². The van der Waals surface area contributed by atoms with Gasteiger partial charge < -0.3 is 9.47 Å². The third-order valence-electron chi connectivity index (χ3n) is 5.26. The van der Waals surface area contributed by atoms with E-state index >= 15 is 0 Å². The zero-order valence-electron chi connectivity index (χ0n) is 18.7. The lowest BCUT2D eigenvalue weighted by atomic mass is 10.2. The summed E-state index contributed by atoms with van der Waals surface area (Å²) in [4.78, 5) is 1.31. The second kappa shape index (κ2) is 10.6. The summed E-state index contributed by atoms with van der Waals surface area (Å²) >= 11 is 0. The molecule has 0 N–H and O–H groups in total. The maximum atomic E-state index is 13.1. The van der Waals surface area contributed by atoms with Crippen LogP contribution in [0.5, 0.6) is 5.75 Å². The number of ether oxygens (including phenoxy) is 2. The van der Waals surface area contributed by atoms with Crippen molar-refractivity contribution < 1.29 is 34.7 Å². The molecule has 188 valence electrons. The molecule has 1 heterocycles. The lowest BCUT2D eigenvalue weighted by molar-refractivity contribution is -0.107. The van der Waals surface area contributed by atoms with Gasteiger partial charge in [-0.05, 0) is 71.7 Å². The molecule has 1 atom stereocenters. The first kappa shape index (κ1) is 25.6. The molecule has 1 unspecified atom stereocenters. The number of hydrogen-bond acceptors (Lipinski definition) is 5. The van der Waals surface area contributed by atoms with E-state index in [0.717, 1.165) is 19.3 Å². The predicted octanol–water partition coefficient (Wildman–Crippen LogP) is 6.70. The van der Waals surface area contributed by atoms with Gasteiger partial charge in [0, 0.05) is 21.1 Å². The van der Waals surface area contributed by atoms with Gasteiger partial charge in [-0.15, -0.1) is 0 Å². The monoisotopic (exact) mass is 526 g/mol. The molecule has 10 heteroatoms. The fourth-order valence-corrected chi connectivity index (χ4v) is 8.99. The fourth-order valence-electron chi connectivity index (χ4n) is 3.80. The number of halogens is 3. The molecule has 0 aromatic heterocycles. The fraction of sp³-hybridized carbons (Fsp3) is 0.280. The van der Waals surface area contributed by atoms with E-state index in [1.807, 2.05) is 0 Å².